The SMILES string of the molecule is COc1ccc(NC(=O)C(C)C2CCCC2)cc1. The van der Waals surface area contributed by atoms with Crippen molar-refractivity contribution in [2.24, 2.45) is 11.8 Å². The summed E-state index contributed by atoms with van der Waals surface area (Å²) in [4.78, 5) is 12.1. The normalized spacial score (nSPS) is 17.4. The molecule has 0 spiro atoms. The van der Waals surface area contributed by atoms with E-state index in [-0.39, 0.29) is 11.8 Å². The minimum Gasteiger partial charge on any atom is -0.497 e. The van der Waals surface area contributed by atoms with Crippen molar-refractivity contribution in [3.63, 3.8) is 0 Å². The van der Waals surface area contributed by atoms with Gasteiger partial charge in [-0.2, -0.15) is 0 Å². The Morgan fingerprint density at radius 3 is 2.44 bits per heavy atom. The molecule has 18 heavy (non-hydrogen) atoms. The van der Waals surface area contributed by atoms with Gasteiger partial charge in [0, 0.05) is 11.6 Å². The molecule has 3 nitrogen and oxygen atoms in total. The lowest BCUT2D eigenvalue weighted by atomic mass is 9.92. The number of carbonyl (C=O) groups excluding carboxylic acids is 1. The molecule has 1 amide bonds. The van der Waals surface area contributed by atoms with E-state index in [1.54, 1.807) is 7.11 Å². The van der Waals surface area contributed by atoms with E-state index in [9.17, 15) is 4.79 Å². The number of anilines is 1. The fourth-order valence-electron chi connectivity index (χ4n) is 2.60. The Bertz CT molecular complexity index is 393. The number of hydrogen-bond donors (Lipinski definition) is 1. The van der Waals surface area contributed by atoms with Crippen molar-refractivity contribution in [3.8, 4) is 5.75 Å². The second-order valence-corrected chi connectivity index (χ2v) is 5.05. The quantitative estimate of drug-likeness (QED) is 0.884. The van der Waals surface area contributed by atoms with E-state index in [0.29, 0.717) is 5.92 Å². The van der Waals surface area contributed by atoms with Gasteiger partial charge in [0.25, 0.3) is 0 Å². The van der Waals surface area contributed by atoms with E-state index >= 15 is 0 Å². The van der Waals surface area contributed by atoms with Crippen LogP contribution in [-0.4, -0.2) is 13.0 Å². The number of rotatable bonds is 4. The first-order valence-electron chi connectivity index (χ1n) is 6.65. The summed E-state index contributed by atoms with van der Waals surface area (Å²) >= 11 is 0. The zero-order valence-electron chi connectivity index (χ0n) is 11.1. The van der Waals surface area contributed by atoms with Gasteiger partial charge in [-0.1, -0.05) is 19.8 Å². The van der Waals surface area contributed by atoms with Gasteiger partial charge < -0.3 is 10.1 Å². The molecule has 98 valence electrons. The molecule has 0 saturated heterocycles. The fourth-order valence-corrected chi connectivity index (χ4v) is 2.60. The highest BCUT2D eigenvalue weighted by Crippen LogP contribution is 2.31. The van der Waals surface area contributed by atoms with Crippen molar-refractivity contribution in [1.29, 1.82) is 0 Å². The zero-order valence-corrected chi connectivity index (χ0v) is 11.1. The summed E-state index contributed by atoms with van der Waals surface area (Å²) < 4.78 is 5.09. The molecule has 1 fully saturated rings. The predicted octanol–water partition coefficient (Wildman–Crippen LogP) is 3.46. The van der Waals surface area contributed by atoms with Gasteiger partial charge in [-0.15, -0.1) is 0 Å². The van der Waals surface area contributed by atoms with Crippen LogP contribution in [0.25, 0.3) is 0 Å². The molecule has 0 aromatic heterocycles. The largest absolute Gasteiger partial charge is 0.497 e. The van der Waals surface area contributed by atoms with Crippen molar-refractivity contribution in [1.82, 2.24) is 0 Å². The summed E-state index contributed by atoms with van der Waals surface area (Å²) in [6, 6.07) is 7.46. The summed E-state index contributed by atoms with van der Waals surface area (Å²) in [5.74, 6) is 1.60. The molecule has 0 heterocycles. The Labute approximate surface area is 109 Å². The lowest BCUT2D eigenvalue weighted by Crippen LogP contribution is -2.25. The van der Waals surface area contributed by atoms with E-state index < -0.39 is 0 Å². The molecule has 1 aliphatic rings. The van der Waals surface area contributed by atoms with E-state index in [4.69, 9.17) is 4.74 Å². The third-order valence-corrected chi connectivity index (χ3v) is 3.88. The van der Waals surface area contributed by atoms with Crippen molar-refractivity contribution < 1.29 is 9.53 Å². The first-order valence-corrected chi connectivity index (χ1v) is 6.65. The van der Waals surface area contributed by atoms with Gasteiger partial charge in [-0.05, 0) is 43.0 Å². The van der Waals surface area contributed by atoms with Crippen LogP contribution in [0, 0.1) is 11.8 Å². The number of amides is 1. The first kappa shape index (κ1) is 12.9. The van der Waals surface area contributed by atoms with Crippen molar-refractivity contribution >= 4 is 11.6 Å². The molecule has 1 unspecified atom stereocenters. The summed E-state index contributed by atoms with van der Waals surface area (Å²) in [5, 5.41) is 2.98. The van der Waals surface area contributed by atoms with Crippen LogP contribution in [-0.2, 0) is 4.79 Å². The van der Waals surface area contributed by atoms with Crippen LogP contribution >= 0.6 is 0 Å². The van der Waals surface area contributed by atoms with Gasteiger partial charge in [0.1, 0.15) is 5.75 Å². The predicted molar refractivity (Wildman–Crippen MR) is 72.7 cm³/mol. The maximum absolute atomic E-state index is 12.1. The number of methoxy groups -OCH3 is 1. The standard InChI is InChI=1S/C15H21NO2/c1-11(12-5-3-4-6-12)15(17)16-13-7-9-14(18-2)10-8-13/h7-12H,3-6H2,1-2H3,(H,16,17). The summed E-state index contributed by atoms with van der Waals surface area (Å²) in [5.41, 5.74) is 0.839. The molecular formula is C15H21NO2. The van der Waals surface area contributed by atoms with Gasteiger partial charge in [0.15, 0.2) is 0 Å². The summed E-state index contributed by atoms with van der Waals surface area (Å²) in [6.45, 7) is 2.04. The number of nitrogens with one attached hydrogen (secondary N) is 1. The minimum absolute atomic E-state index is 0.106. The lowest BCUT2D eigenvalue weighted by molar-refractivity contribution is -0.120. The number of hydrogen-bond acceptors (Lipinski definition) is 2. The molecule has 1 N–H and O–H groups in total. The monoisotopic (exact) mass is 247 g/mol. The summed E-state index contributed by atoms with van der Waals surface area (Å²) in [6.07, 6.45) is 4.92. The first-order chi connectivity index (χ1) is 8.70. The zero-order chi connectivity index (χ0) is 13.0. The maximum atomic E-state index is 12.1. The third kappa shape index (κ3) is 3.03. The molecule has 0 aliphatic heterocycles. The Hall–Kier alpha value is -1.51. The highest BCUT2D eigenvalue weighted by atomic mass is 16.5. The molecule has 2 rings (SSSR count). The van der Waals surface area contributed by atoms with E-state index in [1.807, 2.05) is 31.2 Å². The topological polar surface area (TPSA) is 38.3 Å². The fraction of sp³-hybridized carbons (Fsp3) is 0.533. The van der Waals surface area contributed by atoms with Gasteiger partial charge >= 0.3 is 0 Å². The second-order valence-electron chi connectivity index (χ2n) is 5.05. The number of carbonyl (C=O) groups is 1. The Morgan fingerprint density at radius 1 is 1.28 bits per heavy atom. The average molecular weight is 247 g/mol. The van der Waals surface area contributed by atoms with Gasteiger partial charge in [-0.3, -0.25) is 4.79 Å². The lowest BCUT2D eigenvalue weighted by Gasteiger charge is -2.18. The molecule has 1 aromatic rings. The maximum Gasteiger partial charge on any atom is 0.227 e. The van der Waals surface area contributed by atoms with Crippen LogP contribution in [0.3, 0.4) is 0 Å². The molecule has 1 aliphatic carbocycles. The summed E-state index contributed by atoms with van der Waals surface area (Å²) in [7, 11) is 1.63. The highest BCUT2D eigenvalue weighted by molar-refractivity contribution is 5.92. The number of benzene rings is 1. The van der Waals surface area contributed by atoms with E-state index in [1.165, 1.54) is 25.7 Å². The highest BCUT2D eigenvalue weighted by Gasteiger charge is 2.26. The molecule has 0 radical (unpaired) electrons. The van der Waals surface area contributed by atoms with E-state index in [2.05, 4.69) is 5.32 Å². The van der Waals surface area contributed by atoms with Crippen LogP contribution in [0.4, 0.5) is 5.69 Å². The van der Waals surface area contributed by atoms with Gasteiger partial charge in [-0.25, -0.2) is 0 Å². The Balaban J connectivity index is 1.93. The molecule has 3 heteroatoms. The van der Waals surface area contributed by atoms with Gasteiger partial charge in [0.05, 0.1) is 7.11 Å². The molecule has 0 bridgehead atoms. The molecule has 1 saturated carbocycles. The van der Waals surface area contributed by atoms with Crippen molar-refractivity contribution in [3.05, 3.63) is 24.3 Å². The average Bonchev–Trinajstić information content (AvgIpc) is 2.92. The van der Waals surface area contributed by atoms with Crippen LogP contribution in [0.1, 0.15) is 32.6 Å². The molecule has 1 aromatic carbocycles. The minimum atomic E-state index is 0.106. The third-order valence-electron chi connectivity index (χ3n) is 3.88. The Kier molecular flexibility index (Phi) is 4.24. The van der Waals surface area contributed by atoms with Crippen molar-refractivity contribution in [2.45, 2.75) is 32.6 Å². The number of ether oxygens (including phenoxy) is 1. The smallest absolute Gasteiger partial charge is 0.227 e. The Morgan fingerprint density at radius 2 is 1.89 bits per heavy atom. The van der Waals surface area contributed by atoms with Crippen LogP contribution in [0.2, 0.25) is 0 Å². The molecular weight excluding hydrogens is 226 g/mol. The van der Waals surface area contributed by atoms with Crippen LogP contribution in [0.15, 0.2) is 24.3 Å². The van der Waals surface area contributed by atoms with Crippen LogP contribution in [0.5, 0.6) is 5.75 Å². The van der Waals surface area contributed by atoms with Crippen LogP contribution < -0.4 is 10.1 Å². The van der Waals surface area contributed by atoms with Crippen molar-refractivity contribution in [2.75, 3.05) is 12.4 Å². The molecule has 1 atom stereocenters. The second kappa shape index (κ2) is 5.89. The van der Waals surface area contributed by atoms with Gasteiger partial charge in [0.2, 0.25) is 5.91 Å². The van der Waals surface area contributed by atoms with E-state index in [0.717, 1.165) is 11.4 Å².